The number of alkyl halides is 3. The smallest absolute Gasteiger partial charge is 0.475 e. The average molecular weight is 414 g/mol. The highest BCUT2D eigenvalue weighted by Crippen LogP contribution is 2.31. The van der Waals surface area contributed by atoms with Gasteiger partial charge in [0.25, 0.3) is 0 Å². The zero-order valence-electron chi connectivity index (χ0n) is 15.7. The third-order valence-electron chi connectivity index (χ3n) is 4.87. The van der Waals surface area contributed by atoms with Crippen molar-refractivity contribution in [2.24, 2.45) is 7.05 Å². The SMILES string of the molecule is Cn1cnc2c1C(C(=O)N1CCC1)CN(Cc1ccco1)C2.O=C(O)C(F)(F)F. The second-order valence-corrected chi connectivity index (χ2v) is 6.97. The molecule has 2 aromatic heterocycles. The number of fused-ring (bicyclic) bond motifs is 1. The molecule has 1 atom stereocenters. The molecule has 0 bridgehead atoms. The van der Waals surface area contributed by atoms with Gasteiger partial charge in [-0.15, -0.1) is 0 Å². The van der Waals surface area contributed by atoms with Crippen LogP contribution in [0.2, 0.25) is 0 Å². The van der Waals surface area contributed by atoms with Crippen molar-refractivity contribution in [3.05, 3.63) is 41.9 Å². The molecule has 0 radical (unpaired) electrons. The number of aliphatic carboxylic acids is 1. The number of aryl methyl sites for hydroxylation is 1. The fraction of sp³-hybridized carbons (Fsp3) is 0.500. The van der Waals surface area contributed by atoms with Crippen molar-refractivity contribution in [2.45, 2.75) is 31.6 Å². The highest BCUT2D eigenvalue weighted by Gasteiger charge is 2.38. The van der Waals surface area contributed by atoms with Crippen molar-refractivity contribution < 1.29 is 32.3 Å². The maximum atomic E-state index is 12.8. The number of nitrogens with zero attached hydrogens (tertiary/aromatic N) is 4. The van der Waals surface area contributed by atoms with E-state index in [1.807, 2.05) is 35.0 Å². The quantitative estimate of drug-likeness (QED) is 0.826. The number of imidazole rings is 1. The number of amides is 1. The summed E-state index contributed by atoms with van der Waals surface area (Å²) in [5.74, 6) is -1.71. The zero-order valence-corrected chi connectivity index (χ0v) is 15.7. The predicted molar refractivity (Wildman–Crippen MR) is 93.7 cm³/mol. The standard InChI is InChI=1S/C16H20N4O2.C2HF3O2/c1-18-11-17-14-10-19(8-12-4-2-7-22-12)9-13(15(14)18)16(21)20-5-3-6-20;3-2(4,5)1(6)7/h2,4,7,11,13H,3,5-6,8-10H2,1H3;(H,6,7). The van der Waals surface area contributed by atoms with Gasteiger partial charge in [0.1, 0.15) is 5.76 Å². The molecule has 0 spiro atoms. The Labute approximate surface area is 164 Å². The van der Waals surface area contributed by atoms with Crippen molar-refractivity contribution in [3.8, 4) is 0 Å². The van der Waals surface area contributed by atoms with Gasteiger partial charge in [-0.05, 0) is 18.6 Å². The first kappa shape index (κ1) is 20.9. The molecule has 1 fully saturated rings. The van der Waals surface area contributed by atoms with Crippen LogP contribution in [0.15, 0.2) is 29.1 Å². The first-order valence-corrected chi connectivity index (χ1v) is 9.00. The van der Waals surface area contributed by atoms with E-state index in [9.17, 15) is 18.0 Å². The van der Waals surface area contributed by atoms with Crippen LogP contribution in [0.25, 0.3) is 0 Å². The second kappa shape index (κ2) is 8.27. The van der Waals surface area contributed by atoms with Gasteiger partial charge in [-0.25, -0.2) is 9.78 Å². The van der Waals surface area contributed by atoms with Gasteiger partial charge in [0.05, 0.1) is 36.4 Å². The molecule has 0 aromatic carbocycles. The van der Waals surface area contributed by atoms with Crippen molar-refractivity contribution in [1.29, 1.82) is 0 Å². The van der Waals surface area contributed by atoms with E-state index in [0.717, 1.165) is 49.7 Å². The van der Waals surface area contributed by atoms with Crippen molar-refractivity contribution in [3.63, 3.8) is 0 Å². The highest BCUT2D eigenvalue weighted by molar-refractivity contribution is 5.84. The molecule has 1 amide bonds. The lowest BCUT2D eigenvalue weighted by molar-refractivity contribution is -0.192. The number of hydrogen-bond acceptors (Lipinski definition) is 5. The molecule has 8 nitrogen and oxygen atoms in total. The molecule has 2 aliphatic heterocycles. The third-order valence-corrected chi connectivity index (χ3v) is 4.87. The van der Waals surface area contributed by atoms with Gasteiger partial charge in [-0.1, -0.05) is 0 Å². The minimum atomic E-state index is -5.08. The summed E-state index contributed by atoms with van der Waals surface area (Å²) in [6.45, 7) is 3.98. The molecule has 11 heteroatoms. The average Bonchev–Trinajstić information content (AvgIpc) is 3.22. The van der Waals surface area contributed by atoms with Gasteiger partial charge in [0.15, 0.2) is 0 Å². The lowest BCUT2D eigenvalue weighted by atomic mass is 9.95. The van der Waals surface area contributed by atoms with E-state index >= 15 is 0 Å². The summed E-state index contributed by atoms with van der Waals surface area (Å²) >= 11 is 0. The van der Waals surface area contributed by atoms with Crippen LogP contribution in [0.5, 0.6) is 0 Å². The van der Waals surface area contributed by atoms with E-state index in [1.54, 1.807) is 6.26 Å². The highest BCUT2D eigenvalue weighted by atomic mass is 19.4. The summed E-state index contributed by atoms with van der Waals surface area (Å²) in [7, 11) is 1.98. The minimum absolute atomic E-state index is 0.119. The number of hydrogen-bond donors (Lipinski definition) is 1. The van der Waals surface area contributed by atoms with Crippen LogP contribution in [0, 0.1) is 0 Å². The van der Waals surface area contributed by atoms with Crippen LogP contribution in [-0.2, 0) is 29.7 Å². The lowest BCUT2D eigenvalue weighted by Crippen LogP contribution is -2.48. The van der Waals surface area contributed by atoms with Crippen LogP contribution < -0.4 is 0 Å². The molecular formula is C18H21F3N4O4. The summed E-state index contributed by atoms with van der Waals surface area (Å²) in [5.41, 5.74) is 2.09. The van der Waals surface area contributed by atoms with Gasteiger partial charge in [0.2, 0.25) is 5.91 Å². The zero-order chi connectivity index (χ0) is 21.2. The van der Waals surface area contributed by atoms with Gasteiger partial charge < -0.3 is 19.0 Å². The number of carbonyl (C=O) groups excluding carboxylic acids is 1. The molecule has 4 heterocycles. The topological polar surface area (TPSA) is 91.8 Å². The number of halogens is 3. The first-order valence-electron chi connectivity index (χ1n) is 9.00. The first-order chi connectivity index (χ1) is 13.7. The fourth-order valence-electron chi connectivity index (χ4n) is 3.37. The van der Waals surface area contributed by atoms with E-state index in [1.165, 1.54) is 0 Å². The fourth-order valence-corrected chi connectivity index (χ4v) is 3.37. The number of carbonyl (C=O) groups is 2. The summed E-state index contributed by atoms with van der Waals surface area (Å²) in [4.78, 5) is 30.4. The summed E-state index contributed by atoms with van der Waals surface area (Å²) in [6.07, 6.45) is -0.460. The minimum Gasteiger partial charge on any atom is -0.475 e. The van der Waals surface area contributed by atoms with Crippen molar-refractivity contribution >= 4 is 11.9 Å². The second-order valence-electron chi connectivity index (χ2n) is 6.97. The van der Waals surface area contributed by atoms with Crippen LogP contribution in [-0.4, -0.2) is 62.1 Å². The van der Waals surface area contributed by atoms with Crippen LogP contribution >= 0.6 is 0 Å². The number of rotatable bonds is 3. The maximum absolute atomic E-state index is 12.8. The number of carboxylic acid groups (broad SMARTS) is 1. The Morgan fingerprint density at radius 2 is 2.03 bits per heavy atom. The summed E-state index contributed by atoms with van der Waals surface area (Å²) in [5, 5.41) is 7.12. The summed E-state index contributed by atoms with van der Waals surface area (Å²) < 4.78 is 39.2. The molecule has 2 aliphatic rings. The molecule has 0 aliphatic carbocycles. The van der Waals surface area contributed by atoms with E-state index < -0.39 is 12.1 Å². The number of aromatic nitrogens is 2. The van der Waals surface area contributed by atoms with E-state index in [2.05, 4.69) is 9.88 Å². The maximum Gasteiger partial charge on any atom is 0.490 e. The molecular weight excluding hydrogens is 393 g/mol. The molecule has 0 saturated carbocycles. The number of carboxylic acids is 1. The predicted octanol–water partition coefficient (Wildman–Crippen LogP) is 1.98. The van der Waals surface area contributed by atoms with Crippen LogP contribution in [0.3, 0.4) is 0 Å². The Balaban J connectivity index is 0.000000298. The van der Waals surface area contributed by atoms with Gasteiger partial charge in [0, 0.05) is 33.2 Å². The Hall–Kier alpha value is -2.82. The van der Waals surface area contributed by atoms with E-state index in [-0.39, 0.29) is 11.8 Å². The Morgan fingerprint density at radius 3 is 2.55 bits per heavy atom. The number of furan rings is 1. The van der Waals surface area contributed by atoms with Gasteiger partial charge >= 0.3 is 12.1 Å². The van der Waals surface area contributed by atoms with Gasteiger partial charge in [-0.3, -0.25) is 9.69 Å². The Bertz CT molecular complexity index is 859. The molecule has 4 rings (SSSR count). The molecule has 1 unspecified atom stereocenters. The van der Waals surface area contributed by atoms with Gasteiger partial charge in [-0.2, -0.15) is 13.2 Å². The largest absolute Gasteiger partial charge is 0.490 e. The lowest BCUT2D eigenvalue weighted by Gasteiger charge is -2.38. The monoisotopic (exact) mass is 414 g/mol. The normalized spacial score (nSPS) is 19.0. The van der Waals surface area contributed by atoms with E-state index in [0.29, 0.717) is 6.54 Å². The number of likely N-dealkylation sites (tertiary alicyclic amines) is 1. The van der Waals surface area contributed by atoms with Crippen molar-refractivity contribution in [1.82, 2.24) is 19.4 Å². The molecule has 1 N–H and O–H groups in total. The Morgan fingerprint density at radius 1 is 1.34 bits per heavy atom. The third kappa shape index (κ3) is 4.78. The van der Waals surface area contributed by atoms with Crippen molar-refractivity contribution in [2.75, 3.05) is 19.6 Å². The van der Waals surface area contributed by atoms with Crippen LogP contribution in [0.4, 0.5) is 13.2 Å². The van der Waals surface area contributed by atoms with E-state index in [4.69, 9.17) is 14.3 Å². The summed E-state index contributed by atoms with van der Waals surface area (Å²) in [6, 6.07) is 3.87. The molecule has 29 heavy (non-hydrogen) atoms. The molecule has 2 aromatic rings. The molecule has 158 valence electrons. The van der Waals surface area contributed by atoms with Crippen LogP contribution in [0.1, 0.15) is 29.5 Å². The Kier molecular flexibility index (Phi) is 5.96. The molecule has 1 saturated heterocycles.